The van der Waals surface area contributed by atoms with Gasteiger partial charge in [-0.25, -0.2) is 9.78 Å². The Hall–Kier alpha value is -2.74. The molecule has 1 aromatic carbocycles. The number of thioether (sulfide) groups is 1. The van der Waals surface area contributed by atoms with E-state index in [1.165, 1.54) is 6.92 Å². The van der Waals surface area contributed by atoms with Crippen molar-refractivity contribution in [1.29, 1.82) is 0 Å². The Bertz CT molecular complexity index is 864. The van der Waals surface area contributed by atoms with Crippen LogP contribution in [0.15, 0.2) is 47.6 Å². The molecule has 0 amide bonds. The fraction of sp³-hybridized carbons (Fsp3) is 0.133. The van der Waals surface area contributed by atoms with E-state index >= 15 is 0 Å². The van der Waals surface area contributed by atoms with E-state index in [0.29, 0.717) is 21.6 Å². The van der Waals surface area contributed by atoms with E-state index in [2.05, 4.69) is 15.3 Å². The van der Waals surface area contributed by atoms with Crippen molar-refractivity contribution in [2.45, 2.75) is 18.4 Å². The second kappa shape index (κ2) is 6.57. The van der Waals surface area contributed by atoms with Gasteiger partial charge in [-0.15, -0.1) is 5.10 Å². The number of fused-ring (bicyclic) bond motifs is 1. The molecule has 0 saturated carbocycles. The average Bonchev–Trinajstić information content (AvgIpc) is 2.92. The topological polar surface area (TPSA) is 87.0 Å². The largest absolute Gasteiger partial charge is 0.332 e. The molecule has 0 saturated heterocycles. The summed E-state index contributed by atoms with van der Waals surface area (Å²) in [6.45, 7) is 1.28. The second-order valence-corrected chi connectivity index (χ2v) is 5.73. The number of rotatable bonds is 4. The quantitative estimate of drug-likeness (QED) is 0.532. The van der Waals surface area contributed by atoms with Gasteiger partial charge in [0.05, 0.1) is 0 Å². The first-order chi connectivity index (χ1) is 11.1. The first kappa shape index (κ1) is 15.2. The minimum Gasteiger partial charge on any atom is -0.318 e. The van der Waals surface area contributed by atoms with Gasteiger partial charge >= 0.3 is 5.97 Å². The van der Waals surface area contributed by atoms with Gasteiger partial charge < -0.3 is 4.84 Å². The molecule has 0 aliphatic carbocycles. The zero-order valence-corrected chi connectivity index (χ0v) is 13.0. The van der Waals surface area contributed by atoms with E-state index in [9.17, 15) is 9.59 Å². The molecule has 0 spiro atoms. The molecule has 116 valence electrons. The van der Waals surface area contributed by atoms with Crippen molar-refractivity contribution in [2.75, 3.05) is 0 Å². The summed E-state index contributed by atoms with van der Waals surface area (Å²) in [5.41, 5.74) is 1.78. The normalized spacial score (nSPS) is 10.7. The summed E-state index contributed by atoms with van der Waals surface area (Å²) in [5.74, 6) is -0.496. The lowest BCUT2D eigenvalue weighted by Gasteiger charge is -2.02. The number of hydrogen-bond acceptors (Lipinski definition) is 7. The van der Waals surface area contributed by atoms with Gasteiger partial charge in [-0.2, -0.15) is 0 Å². The van der Waals surface area contributed by atoms with E-state index in [-0.39, 0.29) is 11.5 Å². The Labute approximate surface area is 135 Å². The molecule has 3 rings (SSSR count). The smallest absolute Gasteiger partial charge is 0.318 e. The van der Waals surface area contributed by atoms with Crippen LogP contribution in [0.1, 0.15) is 12.5 Å². The van der Waals surface area contributed by atoms with Gasteiger partial charge in [-0.1, -0.05) is 23.0 Å². The Kier molecular flexibility index (Phi) is 4.33. The van der Waals surface area contributed by atoms with Crippen LogP contribution in [0.4, 0.5) is 0 Å². The summed E-state index contributed by atoms with van der Waals surface area (Å²) >= 11 is 1.07. The van der Waals surface area contributed by atoms with Crippen LogP contribution in [-0.2, 0) is 16.0 Å². The van der Waals surface area contributed by atoms with E-state index in [4.69, 9.17) is 4.84 Å². The molecular formula is C15H12N4O3S. The number of carbonyl (C=O) groups is 2. The lowest BCUT2D eigenvalue weighted by atomic mass is 10.1. The summed E-state index contributed by atoms with van der Waals surface area (Å²) in [7, 11) is 0. The van der Waals surface area contributed by atoms with Crippen LogP contribution >= 0.6 is 11.8 Å². The van der Waals surface area contributed by atoms with Crippen LogP contribution in [0.3, 0.4) is 0 Å². The van der Waals surface area contributed by atoms with Crippen molar-refractivity contribution in [3.05, 3.63) is 48.2 Å². The third-order valence-corrected chi connectivity index (χ3v) is 3.76. The summed E-state index contributed by atoms with van der Waals surface area (Å²) in [6, 6.07) is 10.7. The van der Waals surface area contributed by atoms with Gasteiger partial charge in [0.1, 0.15) is 16.1 Å². The highest BCUT2D eigenvalue weighted by Crippen LogP contribution is 2.21. The number of benzene rings is 1. The predicted octanol–water partition coefficient (Wildman–Crippen LogP) is 1.66. The van der Waals surface area contributed by atoms with Crippen LogP contribution in [0.25, 0.3) is 11.0 Å². The van der Waals surface area contributed by atoms with Crippen molar-refractivity contribution >= 4 is 33.9 Å². The molecule has 0 bridgehead atoms. The Morgan fingerprint density at radius 3 is 2.83 bits per heavy atom. The maximum absolute atomic E-state index is 12.2. The van der Waals surface area contributed by atoms with Gasteiger partial charge in [0.25, 0.3) is 0 Å². The number of hydrogen-bond donors (Lipinski definition) is 0. The highest BCUT2D eigenvalue weighted by atomic mass is 32.2. The number of nitrogens with zero attached hydrogens (tertiary/aromatic N) is 4. The maximum atomic E-state index is 12.2. The van der Waals surface area contributed by atoms with Crippen molar-refractivity contribution in [3.8, 4) is 0 Å². The molecule has 8 heteroatoms. The molecule has 0 fully saturated rings. The zero-order valence-electron chi connectivity index (χ0n) is 12.2. The third-order valence-electron chi connectivity index (χ3n) is 2.94. The summed E-state index contributed by atoms with van der Waals surface area (Å²) in [4.78, 5) is 33.3. The lowest BCUT2D eigenvalue weighted by Crippen LogP contribution is -2.17. The number of aromatic nitrogens is 4. The SMILES string of the molecule is CC(=O)On1nnc2c(CC(=O)Sc3ccccn3)cccc21. The standard InChI is InChI=1S/C15H12N4O3S/c1-10(20)22-19-12-6-4-5-11(15(12)17-18-19)9-14(21)23-13-7-2-3-8-16-13/h2-8H,9H2,1H3. The van der Waals surface area contributed by atoms with Crippen molar-refractivity contribution < 1.29 is 14.4 Å². The van der Waals surface area contributed by atoms with Gasteiger partial charge in [-0.3, -0.25) is 4.79 Å². The molecule has 0 unspecified atom stereocenters. The predicted molar refractivity (Wildman–Crippen MR) is 83.6 cm³/mol. The highest BCUT2D eigenvalue weighted by molar-refractivity contribution is 8.13. The molecule has 0 radical (unpaired) electrons. The molecular weight excluding hydrogens is 316 g/mol. The maximum Gasteiger partial charge on any atom is 0.332 e. The monoisotopic (exact) mass is 328 g/mol. The van der Waals surface area contributed by atoms with Crippen LogP contribution in [-0.4, -0.2) is 31.2 Å². The van der Waals surface area contributed by atoms with Crippen LogP contribution in [0.2, 0.25) is 0 Å². The zero-order chi connectivity index (χ0) is 16.2. The molecule has 2 aromatic heterocycles. The van der Waals surface area contributed by atoms with Crippen molar-refractivity contribution in [2.24, 2.45) is 0 Å². The fourth-order valence-electron chi connectivity index (χ4n) is 2.03. The summed E-state index contributed by atoms with van der Waals surface area (Å²) < 4.78 is 0. The van der Waals surface area contributed by atoms with E-state index in [1.807, 2.05) is 6.07 Å². The van der Waals surface area contributed by atoms with Crippen molar-refractivity contribution in [3.63, 3.8) is 0 Å². The first-order valence-electron chi connectivity index (χ1n) is 6.77. The van der Waals surface area contributed by atoms with Gasteiger partial charge in [0, 0.05) is 19.5 Å². The molecule has 2 heterocycles. The minimum atomic E-state index is -0.496. The summed E-state index contributed by atoms with van der Waals surface area (Å²) in [6.07, 6.45) is 1.82. The van der Waals surface area contributed by atoms with Gasteiger partial charge in [-0.05, 0) is 40.7 Å². The Balaban J connectivity index is 1.81. The van der Waals surface area contributed by atoms with Crippen LogP contribution < -0.4 is 4.84 Å². The molecule has 3 aromatic rings. The third kappa shape index (κ3) is 3.54. The van der Waals surface area contributed by atoms with E-state index < -0.39 is 5.97 Å². The average molecular weight is 328 g/mol. The fourth-order valence-corrected chi connectivity index (χ4v) is 2.75. The van der Waals surface area contributed by atoms with E-state index in [1.54, 1.807) is 36.5 Å². The van der Waals surface area contributed by atoms with Crippen LogP contribution in [0.5, 0.6) is 0 Å². The highest BCUT2D eigenvalue weighted by Gasteiger charge is 2.14. The molecule has 23 heavy (non-hydrogen) atoms. The number of pyridine rings is 1. The number of carbonyl (C=O) groups excluding carboxylic acids is 2. The molecule has 0 aliphatic rings. The molecule has 0 N–H and O–H groups in total. The Morgan fingerprint density at radius 2 is 2.09 bits per heavy atom. The Morgan fingerprint density at radius 1 is 1.22 bits per heavy atom. The minimum absolute atomic E-state index is 0.0572. The van der Waals surface area contributed by atoms with Gasteiger partial charge in [0.15, 0.2) is 5.12 Å². The van der Waals surface area contributed by atoms with E-state index in [0.717, 1.165) is 16.6 Å². The molecule has 0 aliphatic heterocycles. The van der Waals surface area contributed by atoms with Gasteiger partial charge in [0.2, 0.25) is 0 Å². The van der Waals surface area contributed by atoms with Crippen LogP contribution in [0, 0.1) is 0 Å². The molecule has 7 nitrogen and oxygen atoms in total. The summed E-state index contributed by atoms with van der Waals surface area (Å²) in [5, 5.41) is 8.36. The van der Waals surface area contributed by atoms with Crippen molar-refractivity contribution in [1.82, 2.24) is 20.1 Å². The second-order valence-electron chi connectivity index (χ2n) is 4.65. The molecule has 0 atom stereocenters. The first-order valence-corrected chi connectivity index (χ1v) is 7.59. The lowest BCUT2D eigenvalue weighted by molar-refractivity contribution is -0.142.